The van der Waals surface area contributed by atoms with Crippen molar-refractivity contribution >= 4 is 48.8 Å². The van der Waals surface area contributed by atoms with Crippen LogP contribution in [0.4, 0.5) is 11.4 Å². The van der Waals surface area contributed by atoms with Gasteiger partial charge in [-0.15, -0.1) is 4.40 Å². The molecule has 2 N–H and O–H groups in total. The second kappa shape index (κ2) is 10.5. The van der Waals surface area contributed by atoms with Gasteiger partial charge in [0, 0.05) is 5.69 Å². The number of carbonyl (C=O) groups excluding carboxylic acids is 1. The van der Waals surface area contributed by atoms with Crippen LogP contribution < -0.4 is 44.7 Å². The molecule has 9 nitrogen and oxygen atoms in total. The monoisotopic (exact) mass is 553 g/mol. The SMILES string of the molecule is CC[C@H](C)CCC1(C)C(=O)C(C2=NS(=O)(=O)c3cc(NS(C)(=O)=O)ccc3N2)=C([O-])c2ccccc21.[Na+]. The van der Waals surface area contributed by atoms with Gasteiger partial charge in [0.2, 0.25) is 10.0 Å². The third-order valence-corrected chi connectivity index (χ3v) is 8.74. The molecule has 37 heavy (non-hydrogen) atoms. The molecule has 192 valence electrons. The Labute approximate surface area is 239 Å². The number of hydrogen-bond acceptors (Lipinski definition) is 7. The number of sulfonamides is 2. The Hall–Kier alpha value is -2.18. The molecule has 0 saturated carbocycles. The van der Waals surface area contributed by atoms with Crippen molar-refractivity contribution < 1.29 is 56.3 Å². The van der Waals surface area contributed by atoms with E-state index in [1.165, 1.54) is 12.1 Å². The van der Waals surface area contributed by atoms with Gasteiger partial charge in [0.1, 0.15) is 4.90 Å². The summed E-state index contributed by atoms with van der Waals surface area (Å²) >= 11 is 0. The molecule has 1 aliphatic heterocycles. The van der Waals surface area contributed by atoms with E-state index in [1.54, 1.807) is 31.2 Å². The van der Waals surface area contributed by atoms with Crippen molar-refractivity contribution in [2.24, 2.45) is 10.3 Å². The largest absolute Gasteiger partial charge is 1.00 e. The first-order valence-corrected chi connectivity index (χ1v) is 14.9. The van der Waals surface area contributed by atoms with Crippen molar-refractivity contribution in [1.29, 1.82) is 0 Å². The average molecular weight is 554 g/mol. The van der Waals surface area contributed by atoms with Crippen molar-refractivity contribution in [3.05, 3.63) is 59.2 Å². The Kier molecular flexibility index (Phi) is 8.36. The number of ketones is 1. The van der Waals surface area contributed by atoms with Crippen LogP contribution in [-0.4, -0.2) is 34.7 Å². The number of nitrogens with one attached hydrogen (secondary N) is 2. The van der Waals surface area contributed by atoms with Gasteiger partial charge < -0.3 is 10.4 Å². The van der Waals surface area contributed by atoms with E-state index in [1.807, 2.05) is 0 Å². The molecule has 0 saturated heterocycles. The fourth-order valence-corrected chi connectivity index (χ4v) is 6.25. The Bertz CT molecular complexity index is 1530. The maximum Gasteiger partial charge on any atom is 1.00 e. The Balaban J connectivity index is 0.00000380. The maximum atomic E-state index is 13.9. The minimum absolute atomic E-state index is 0. The van der Waals surface area contributed by atoms with Crippen LogP contribution >= 0.6 is 0 Å². The molecule has 0 radical (unpaired) electrons. The van der Waals surface area contributed by atoms with E-state index in [9.17, 15) is 26.7 Å². The van der Waals surface area contributed by atoms with Gasteiger partial charge in [0.05, 0.1) is 22.9 Å². The van der Waals surface area contributed by atoms with Crippen molar-refractivity contribution in [3.8, 4) is 0 Å². The number of anilines is 2. The molecular formula is C25H28N3NaO6S2. The van der Waals surface area contributed by atoms with Gasteiger partial charge in [-0.2, -0.15) is 8.42 Å². The average Bonchev–Trinajstić information content (AvgIpc) is 2.80. The standard InChI is InChI=1S/C25H29N3O6S2.Na/c1-5-15(2)12-13-25(3)18-9-7-6-8-17(18)22(29)21(23(25)30)24-26-19-11-10-16(27-35(4,31)32)14-20(19)36(33,34)28-24;/h6-11,14-15,27,29H,5,12-13H2,1-4H3,(H,26,28);/q;+1/p-1/t15-,25?;/m0./s1. The summed E-state index contributed by atoms with van der Waals surface area (Å²) in [7, 11) is -7.98. The molecule has 12 heteroatoms. The summed E-state index contributed by atoms with van der Waals surface area (Å²) in [5.74, 6) is -1.02. The van der Waals surface area contributed by atoms with E-state index in [0.29, 0.717) is 23.5 Å². The zero-order valence-corrected chi connectivity index (χ0v) is 25.1. The molecule has 4 rings (SSSR count). The number of Topliss-reactive ketones (excluding diaryl/α,β-unsaturated/α-hetero) is 1. The van der Waals surface area contributed by atoms with Gasteiger partial charge >= 0.3 is 29.6 Å². The third kappa shape index (κ3) is 5.65. The van der Waals surface area contributed by atoms with E-state index >= 15 is 0 Å². The molecule has 0 fully saturated rings. The van der Waals surface area contributed by atoms with Crippen LogP contribution in [0.15, 0.2) is 57.3 Å². The number of carbonyl (C=O) groups is 1. The fraction of sp³-hybridized carbons (Fsp3) is 0.360. The van der Waals surface area contributed by atoms with Crippen molar-refractivity contribution in [3.63, 3.8) is 0 Å². The summed E-state index contributed by atoms with van der Waals surface area (Å²) in [5, 5.41) is 16.3. The van der Waals surface area contributed by atoms with Gasteiger partial charge in [-0.25, -0.2) is 8.42 Å². The molecule has 0 bridgehead atoms. The maximum absolute atomic E-state index is 13.9. The summed E-state index contributed by atoms with van der Waals surface area (Å²) in [6.07, 6.45) is 3.14. The van der Waals surface area contributed by atoms with E-state index in [0.717, 1.165) is 25.2 Å². The third-order valence-electron chi connectivity index (χ3n) is 6.82. The summed E-state index contributed by atoms with van der Waals surface area (Å²) in [6, 6.07) is 10.8. The number of rotatable bonds is 7. The first-order valence-electron chi connectivity index (χ1n) is 11.6. The summed E-state index contributed by atoms with van der Waals surface area (Å²) in [6.45, 7) is 5.96. The zero-order chi connectivity index (χ0) is 26.5. The molecule has 1 aliphatic carbocycles. The number of benzene rings is 2. The van der Waals surface area contributed by atoms with Crippen LogP contribution in [0.2, 0.25) is 0 Å². The molecule has 1 unspecified atom stereocenters. The minimum Gasteiger partial charge on any atom is -0.871 e. The molecular weight excluding hydrogens is 525 g/mol. The van der Waals surface area contributed by atoms with Crippen LogP contribution in [0.3, 0.4) is 0 Å². The van der Waals surface area contributed by atoms with E-state index in [2.05, 4.69) is 28.3 Å². The van der Waals surface area contributed by atoms with E-state index < -0.39 is 37.0 Å². The Morgan fingerprint density at radius 3 is 2.51 bits per heavy atom. The van der Waals surface area contributed by atoms with E-state index in [4.69, 9.17) is 0 Å². The second-order valence-electron chi connectivity index (χ2n) is 9.59. The smallest absolute Gasteiger partial charge is 0.871 e. The molecule has 2 aromatic carbocycles. The molecule has 2 aromatic rings. The fourth-order valence-electron chi connectivity index (χ4n) is 4.55. The quantitative estimate of drug-likeness (QED) is 0.460. The molecule has 2 atom stereocenters. The minimum atomic E-state index is -4.34. The van der Waals surface area contributed by atoms with Gasteiger partial charge in [-0.1, -0.05) is 50.3 Å². The van der Waals surface area contributed by atoms with Crippen LogP contribution in [0, 0.1) is 5.92 Å². The molecule has 0 amide bonds. The Morgan fingerprint density at radius 2 is 1.86 bits per heavy atom. The predicted octanol–water partition coefficient (Wildman–Crippen LogP) is 0.0131. The number of fused-ring (bicyclic) bond motifs is 2. The number of nitrogens with zero attached hydrogens (tertiary/aromatic N) is 1. The second-order valence-corrected chi connectivity index (χ2v) is 12.9. The van der Waals surface area contributed by atoms with Crippen LogP contribution in [0.25, 0.3) is 5.76 Å². The van der Waals surface area contributed by atoms with Crippen LogP contribution in [0.1, 0.15) is 51.2 Å². The van der Waals surface area contributed by atoms with Crippen molar-refractivity contribution in [2.45, 2.75) is 50.3 Å². The van der Waals surface area contributed by atoms with E-state index in [-0.39, 0.29) is 57.2 Å². The normalized spacial score (nSPS) is 21.1. The Morgan fingerprint density at radius 1 is 1.19 bits per heavy atom. The zero-order valence-electron chi connectivity index (χ0n) is 21.5. The van der Waals surface area contributed by atoms with Gasteiger partial charge in [-0.05, 0) is 55.0 Å². The van der Waals surface area contributed by atoms with Crippen LogP contribution in [0.5, 0.6) is 0 Å². The van der Waals surface area contributed by atoms with Gasteiger partial charge in [-0.3, -0.25) is 9.52 Å². The van der Waals surface area contributed by atoms with Crippen molar-refractivity contribution in [2.75, 3.05) is 16.3 Å². The topological polar surface area (TPSA) is 145 Å². The van der Waals surface area contributed by atoms with Crippen molar-refractivity contribution in [1.82, 2.24) is 0 Å². The summed E-state index contributed by atoms with van der Waals surface area (Å²) < 4.78 is 55.3. The predicted molar refractivity (Wildman–Crippen MR) is 138 cm³/mol. The van der Waals surface area contributed by atoms with Gasteiger partial charge in [0.25, 0.3) is 10.0 Å². The number of amidine groups is 1. The molecule has 2 aliphatic rings. The van der Waals surface area contributed by atoms with Crippen LogP contribution in [-0.2, 0) is 30.3 Å². The molecule has 0 spiro atoms. The summed E-state index contributed by atoms with van der Waals surface area (Å²) in [5.41, 5.74) is -0.215. The summed E-state index contributed by atoms with van der Waals surface area (Å²) in [4.78, 5) is 13.6. The first-order chi connectivity index (χ1) is 16.8. The first kappa shape index (κ1) is 29.4. The van der Waals surface area contributed by atoms with Gasteiger partial charge in [0.15, 0.2) is 11.6 Å². The molecule has 1 heterocycles. The molecule has 0 aromatic heterocycles. The number of hydrogen-bond donors (Lipinski definition) is 2.